The highest BCUT2D eigenvalue weighted by Gasteiger charge is 2.28. The van der Waals surface area contributed by atoms with E-state index in [0.29, 0.717) is 28.9 Å². The fraction of sp³-hybridized carbons (Fsp3) is 0.429. The lowest BCUT2D eigenvalue weighted by atomic mass is 10.2. The van der Waals surface area contributed by atoms with Gasteiger partial charge in [0.05, 0.1) is 17.8 Å². The summed E-state index contributed by atoms with van der Waals surface area (Å²) in [7, 11) is 3.08. The van der Waals surface area contributed by atoms with E-state index in [-0.39, 0.29) is 18.4 Å². The van der Waals surface area contributed by atoms with E-state index in [4.69, 9.17) is 21.7 Å². The predicted octanol–water partition coefficient (Wildman–Crippen LogP) is 2.85. The number of halogens is 2. The molecule has 0 aliphatic heterocycles. The van der Waals surface area contributed by atoms with Crippen LogP contribution in [0.4, 0.5) is 10.5 Å². The fourth-order valence-electron chi connectivity index (χ4n) is 1.94. The van der Waals surface area contributed by atoms with Gasteiger partial charge in [-0.3, -0.25) is 10.7 Å². The SMILES string of the molecule is CNC(=O)NC(=N)N(CC1CC1)c1ccc(OC)cc1Cl.Cl. The van der Waals surface area contributed by atoms with E-state index in [0.717, 1.165) is 12.8 Å². The van der Waals surface area contributed by atoms with Crippen LogP contribution in [0.15, 0.2) is 18.2 Å². The number of benzene rings is 1. The maximum Gasteiger partial charge on any atom is 0.321 e. The van der Waals surface area contributed by atoms with Gasteiger partial charge in [-0.25, -0.2) is 4.79 Å². The van der Waals surface area contributed by atoms with Crippen molar-refractivity contribution in [2.45, 2.75) is 12.8 Å². The number of rotatable bonds is 4. The zero-order valence-electron chi connectivity index (χ0n) is 12.5. The van der Waals surface area contributed by atoms with Crippen molar-refractivity contribution >= 4 is 41.7 Å². The first-order valence-corrected chi connectivity index (χ1v) is 7.11. The number of anilines is 1. The van der Waals surface area contributed by atoms with Gasteiger partial charge in [-0.05, 0) is 30.9 Å². The molecule has 1 aliphatic carbocycles. The molecule has 1 aliphatic rings. The van der Waals surface area contributed by atoms with E-state index < -0.39 is 6.03 Å². The van der Waals surface area contributed by atoms with Crippen molar-refractivity contribution in [1.82, 2.24) is 10.6 Å². The first kappa shape index (κ1) is 18.4. The molecular formula is C14H20Cl2N4O2. The molecule has 3 N–H and O–H groups in total. The van der Waals surface area contributed by atoms with E-state index >= 15 is 0 Å². The molecule has 2 amide bonds. The van der Waals surface area contributed by atoms with Crippen molar-refractivity contribution < 1.29 is 9.53 Å². The second kappa shape index (κ2) is 8.10. The van der Waals surface area contributed by atoms with Crippen LogP contribution in [0.25, 0.3) is 0 Å². The van der Waals surface area contributed by atoms with Crippen LogP contribution >= 0.6 is 24.0 Å². The zero-order valence-corrected chi connectivity index (χ0v) is 14.1. The fourth-order valence-corrected chi connectivity index (χ4v) is 2.21. The number of nitrogens with zero attached hydrogens (tertiary/aromatic N) is 1. The summed E-state index contributed by atoms with van der Waals surface area (Å²) in [6.07, 6.45) is 2.27. The van der Waals surface area contributed by atoms with E-state index in [1.165, 1.54) is 7.05 Å². The van der Waals surface area contributed by atoms with Crippen molar-refractivity contribution in [1.29, 1.82) is 5.41 Å². The van der Waals surface area contributed by atoms with Gasteiger partial charge in [0.1, 0.15) is 5.75 Å². The summed E-state index contributed by atoms with van der Waals surface area (Å²) in [5, 5.41) is 13.5. The van der Waals surface area contributed by atoms with Crippen molar-refractivity contribution in [2.75, 3.05) is 25.6 Å². The topological polar surface area (TPSA) is 77.5 Å². The number of carbonyl (C=O) groups excluding carboxylic acids is 1. The van der Waals surface area contributed by atoms with E-state index in [1.54, 1.807) is 30.2 Å². The molecule has 0 spiro atoms. The van der Waals surface area contributed by atoms with Crippen molar-refractivity contribution in [3.8, 4) is 5.75 Å². The number of guanidine groups is 1. The van der Waals surface area contributed by atoms with Crippen molar-refractivity contribution in [2.24, 2.45) is 5.92 Å². The normalized spacial score (nSPS) is 12.9. The maximum atomic E-state index is 11.4. The number of ether oxygens (including phenoxy) is 1. The Morgan fingerprint density at radius 2 is 2.18 bits per heavy atom. The first-order valence-electron chi connectivity index (χ1n) is 6.73. The summed E-state index contributed by atoms with van der Waals surface area (Å²) in [5.74, 6) is 1.20. The Morgan fingerprint density at radius 1 is 1.50 bits per heavy atom. The summed E-state index contributed by atoms with van der Waals surface area (Å²) in [6.45, 7) is 0.662. The van der Waals surface area contributed by atoms with Gasteiger partial charge in [-0.1, -0.05) is 11.6 Å². The predicted molar refractivity (Wildman–Crippen MR) is 90.6 cm³/mol. The summed E-state index contributed by atoms with van der Waals surface area (Å²) in [6, 6.07) is 4.85. The molecule has 8 heteroatoms. The minimum Gasteiger partial charge on any atom is -0.497 e. The number of carbonyl (C=O) groups is 1. The van der Waals surface area contributed by atoms with Gasteiger partial charge in [0, 0.05) is 19.7 Å². The summed E-state index contributed by atoms with van der Waals surface area (Å²) >= 11 is 6.27. The second-order valence-electron chi connectivity index (χ2n) is 4.92. The lowest BCUT2D eigenvalue weighted by Crippen LogP contribution is -2.47. The molecule has 1 aromatic carbocycles. The van der Waals surface area contributed by atoms with Crippen LogP contribution in [-0.2, 0) is 0 Å². The number of methoxy groups -OCH3 is 1. The highest BCUT2D eigenvalue weighted by molar-refractivity contribution is 6.34. The Hall–Kier alpha value is -1.66. The number of nitrogens with one attached hydrogen (secondary N) is 3. The van der Waals surface area contributed by atoms with Crippen LogP contribution < -0.4 is 20.3 Å². The third kappa shape index (κ3) is 4.68. The molecule has 2 rings (SSSR count). The Bertz CT molecular complexity index is 550. The molecule has 0 unspecified atom stereocenters. The molecule has 1 saturated carbocycles. The molecule has 0 bridgehead atoms. The van der Waals surface area contributed by atoms with Crippen LogP contribution in [0, 0.1) is 11.3 Å². The monoisotopic (exact) mass is 346 g/mol. The Morgan fingerprint density at radius 3 is 2.68 bits per heavy atom. The van der Waals surface area contributed by atoms with Crippen LogP contribution in [0.1, 0.15) is 12.8 Å². The van der Waals surface area contributed by atoms with Gasteiger partial charge in [0.2, 0.25) is 5.96 Å². The molecule has 0 aromatic heterocycles. The summed E-state index contributed by atoms with van der Waals surface area (Å²) < 4.78 is 5.13. The summed E-state index contributed by atoms with van der Waals surface area (Å²) in [4.78, 5) is 13.1. The van der Waals surface area contributed by atoms with Crippen LogP contribution in [0.5, 0.6) is 5.75 Å². The maximum absolute atomic E-state index is 11.4. The zero-order chi connectivity index (χ0) is 15.4. The molecular weight excluding hydrogens is 327 g/mol. The number of hydrogen-bond donors (Lipinski definition) is 3. The Labute approximate surface area is 141 Å². The van der Waals surface area contributed by atoms with E-state index in [9.17, 15) is 4.79 Å². The van der Waals surface area contributed by atoms with Gasteiger partial charge in [0.15, 0.2) is 0 Å². The molecule has 1 aromatic rings. The largest absolute Gasteiger partial charge is 0.497 e. The van der Waals surface area contributed by atoms with Crippen LogP contribution in [-0.4, -0.2) is 32.7 Å². The van der Waals surface area contributed by atoms with Gasteiger partial charge in [0.25, 0.3) is 0 Å². The molecule has 22 heavy (non-hydrogen) atoms. The number of hydrogen-bond acceptors (Lipinski definition) is 3. The lowest BCUT2D eigenvalue weighted by Gasteiger charge is -2.26. The number of urea groups is 1. The Kier molecular flexibility index (Phi) is 6.77. The smallest absolute Gasteiger partial charge is 0.321 e. The van der Waals surface area contributed by atoms with Gasteiger partial charge in [-0.2, -0.15) is 0 Å². The molecule has 122 valence electrons. The molecule has 0 heterocycles. The third-order valence-corrected chi connectivity index (χ3v) is 3.61. The molecule has 0 saturated heterocycles. The third-order valence-electron chi connectivity index (χ3n) is 3.31. The van der Waals surface area contributed by atoms with E-state index in [1.807, 2.05) is 0 Å². The minimum atomic E-state index is -0.426. The van der Waals surface area contributed by atoms with E-state index in [2.05, 4.69) is 10.6 Å². The Balaban J connectivity index is 0.00000242. The highest BCUT2D eigenvalue weighted by Crippen LogP contribution is 2.35. The minimum absolute atomic E-state index is 0. The molecule has 1 fully saturated rings. The average molecular weight is 347 g/mol. The average Bonchev–Trinajstić information content (AvgIpc) is 3.28. The molecule has 0 radical (unpaired) electrons. The van der Waals surface area contributed by atoms with Crippen LogP contribution in [0.3, 0.4) is 0 Å². The molecule has 0 atom stereocenters. The lowest BCUT2D eigenvalue weighted by molar-refractivity contribution is 0.247. The number of amides is 2. The van der Waals surface area contributed by atoms with Gasteiger partial charge in [-0.15, -0.1) is 12.4 Å². The van der Waals surface area contributed by atoms with Gasteiger partial charge >= 0.3 is 6.03 Å². The molecule has 6 nitrogen and oxygen atoms in total. The van der Waals surface area contributed by atoms with Crippen molar-refractivity contribution in [3.63, 3.8) is 0 Å². The quantitative estimate of drug-likeness (QED) is 0.579. The summed E-state index contributed by atoms with van der Waals surface area (Å²) in [5.41, 5.74) is 0.686. The standard InChI is InChI=1S/C14H19ClN4O2.ClH/c1-17-14(20)18-13(16)19(8-9-3-4-9)12-6-5-10(21-2)7-11(12)15;/h5-7,9H,3-4,8H2,1-2H3,(H3,16,17,18,20);1H. The second-order valence-corrected chi connectivity index (χ2v) is 5.33. The van der Waals surface area contributed by atoms with Crippen molar-refractivity contribution in [3.05, 3.63) is 23.2 Å². The van der Waals surface area contributed by atoms with Crippen LogP contribution in [0.2, 0.25) is 5.02 Å². The highest BCUT2D eigenvalue weighted by atomic mass is 35.5. The van der Waals surface area contributed by atoms with Gasteiger partial charge < -0.3 is 15.0 Å². The first-order chi connectivity index (χ1) is 10.0.